The van der Waals surface area contributed by atoms with Gasteiger partial charge in [0, 0.05) is 19.7 Å². The van der Waals surface area contributed by atoms with Crippen LogP contribution in [0.25, 0.3) is 0 Å². The van der Waals surface area contributed by atoms with Gasteiger partial charge in [0.1, 0.15) is 0 Å². The summed E-state index contributed by atoms with van der Waals surface area (Å²) in [5, 5.41) is 15.6. The Balaban J connectivity index is 2.65. The second-order valence-corrected chi connectivity index (χ2v) is 5.71. The highest BCUT2D eigenvalue weighted by atomic mass is 19.1. The average Bonchev–Trinajstić information content (AvgIpc) is 2.57. The quantitative estimate of drug-likeness (QED) is 0.453. The molecule has 0 fully saturated rings. The molecule has 24 heavy (non-hydrogen) atoms. The Labute approximate surface area is 144 Å². The van der Waals surface area contributed by atoms with Crippen molar-refractivity contribution in [2.75, 3.05) is 26.8 Å². The molecule has 0 aliphatic rings. The molecule has 1 rings (SSSR count). The SMILES string of the molecule is CCCC(CCO)CNC(=NCc1ccc(OC)c(F)c1)NCC. The van der Waals surface area contributed by atoms with Gasteiger partial charge in [-0.25, -0.2) is 9.38 Å². The number of benzene rings is 1. The maximum absolute atomic E-state index is 13.7. The van der Waals surface area contributed by atoms with Gasteiger partial charge in [-0.1, -0.05) is 19.4 Å². The van der Waals surface area contributed by atoms with Gasteiger partial charge in [0.05, 0.1) is 13.7 Å². The fourth-order valence-electron chi connectivity index (χ4n) is 2.50. The lowest BCUT2D eigenvalue weighted by atomic mass is 10.0. The van der Waals surface area contributed by atoms with E-state index in [-0.39, 0.29) is 18.2 Å². The molecule has 136 valence electrons. The van der Waals surface area contributed by atoms with Crippen molar-refractivity contribution in [1.82, 2.24) is 10.6 Å². The Morgan fingerprint density at radius 3 is 2.67 bits per heavy atom. The Morgan fingerprint density at radius 1 is 1.29 bits per heavy atom. The molecule has 6 heteroatoms. The minimum Gasteiger partial charge on any atom is -0.494 e. The normalized spacial score (nSPS) is 12.8. The Morgan fingerprint density at radius 2 is 2.08 bits per heavy atom. The number of guanidine groups is 1. The van der Waals surface area contributed by atoms with Crippen molar-refractivity contribution in [3.63, 3.8) is 0 Å². The number of halogens is 1. The highest BCUT2D eigenvalue weighted by molar-refractivity contribution is 5.79. The number of aliphatic imine (C=N–C) groups is 1. The average molecular weight is 339 g/mol. The molecule has 1 atom stereocenters. The monoisotopic (exact) mass is 339 g/mol. The molecule has 0 radical (unpaired) electrons. The van der Waals surface area contributed by atoms with Crippen molar-refractivity contribution < 1.29 is 14.2 Å². The number of nitrogens with zero attached hydrogens (tertiary/aromatic N) is 1. The summed E-state index contributed by atoms with van der Waals surface area (Å²) in [7, 11) is 1.45. The molecule has 0 aromatic heterocycles. The van der Waals surface area contributed by atoms with Gasteiger partial charge in [-0.2, -0.15) is 0 Å². The van der Waals surface area contributed by atoms with Crippen molar-refractivity contribution >= 4 is 5.96 Å². The molecule has 1 aromatic carbocycles. The fourth-order valence-corrected chi connectivity index (χ4v) is 2.50. The van der Waals surface area contributed by atoms with E-state index >= 15 is 0 Å². The maximum Gasteiger partial charge on any atom is 0.191 e. The number of aliphatic hydroxyl groups is 1. The van der Waals surface area contributed by atoms with Crippen LogP contribution in [0.15, 0.2) is 23.2 Å². The van der Waals surface area contributed by atoms with Crippen molar-refractivity contribution in [2.24, 2.45) is 10.9 Å². The highest BCUT2D eigenvalue weighted by Crippen LogP contribution is 2.18. The molecule has 0 bridgehead atoms. The van der Waals surface area contributed by atoms with Crippen LogP contribution in [-0.2, 0) is 6.54 Å². The summed E-state index contributed by atoms with van der Waals surface area (Å²) in [5.41, 5.74) is 0.783. The number of methoxy groups -OCH3 is 1. The van der Waals surface area contributed by atoms with Crippen LogP contribution in [0.1, 0.15) is 38.7 Å². The lowest BCUT2D eigenvalue weighted by Gasteiger charge is -2.18. The molecular weight excluding hydrogens is 309 g/mol. The van der Waals surface area contributed by atoms with E-state index in [4.69, 9.17) is 9.84 Å². The first kappa shape index (κ1) is 20.2. The highest BCUT2D eigenvalue weighted by Gasteiger charge is 2.08. The molecule has 0 amide bonds. The standard InChI is InChI=1S/C18H30FN3O2/c1-4-6-14(9-10-23)12-21-18(20-5-2)22-13-15-7-8-17(24-3)16(19)11-15/h7-8,11,14,23H,4-6,9-10,12-13H2,1-3H3,(H2,20,21,22). The summed E-state index contributed by atoms with van der Waals surface area (Å²) in [6, 6.07) is 4.86. The molecule has 0 spiro atoms. The fraction of sp³-hybridized carbons (Fsp3) is 0.611. The molecular formula is C18H30FN3O2. The summed E-state index contributed by atoms with van der Waals surface area (Å²) < 4.78 is 18.6. The van der Waals surface area contributed by atoms with Gasteiger partial charge < -0.3 is 20.5 Å². The molecule has 0 saturated carbocycles. The third-order valence-corrected chi connectivity index (χ3v) is 3.77. The summed E-state index contributed by atoms with van der Waals surface area (Å²) in [4.78, 5) is 4.50. The zero-order valence-electron chi connectivity index (χ0n) is 14.9. The van der Waals surface area contributed by atoms with Gasteiger partial charge in [-0.3, -0.25) is 0 Å². The van der Waals surface area contributed by atoms with E-state index in [9.17, 15) is 4.39 Å². The molecule has 1 unspecified atom stereocenters. The van der Waals surface area contributed by atoms with Crippen molar-refractivity contribution in [2.45, 2.75) is 39.7 Å². The van der Waals surface area contributed by atoms with Gasteiger partial charge in [-0.15, -0.1) is 0 Å². The van der Waals surface area contributed by atoms with Crippen LogP contribution < -0.4 is 15.4 Å². The van der Waals surface area contributed by atoms with Crippen LogP contribution in [-0.4, -0.2) is 37.9 Å². The van der Waals surface area contributed by atoms with Crippen LogP contribution in [0.5, 0.6) is 5.75 Å². The van der Waals surface area contributed by atoms with Crippen molar-refractivity contribution in [1.29, 1.82) is 0 Å². The number of hydrogen-bond acceptors (Lipinski definition) is 3. The summed E-state index contributed by atoms with van der Waals surface area (Å²) in [6.07, 6.45) is 2.94. The second-order valence-electron chi connectivity index (χ2n) is 5.71. The Bertz CT molecular complexity index is 503. The van der Waals surface area contributed by atoms with E-state index in [0.29, 0.717) is 18.4 Å². The molecule has 0 heterocycles. The number of aliphatic hydroxyl groups excluding tert-OH is 1. The van der Waals surface area contributed by atoms with Gasteiger partial charge in [0.2, 0.25) is 0 Å². The third kappa shape index (κ3) is 7.17. The van der Waals surface area contributed by atoms with E-state index in [1.807, 2.05) is 6.92 Å². The van der Waals surface area contributed by atoms with Crippen molar-refractivity contribution in [3.8, 4) is 5.75 Å². The number of rotatable bonds is 10. The van der Waals surface area contributed by atoms with Crippen LogP contribution in [0.4, 0.5) is 4.39 Å². The topological polar surface area (TPSA) is 65.9 Å². The van der Waals surface area contributed by atoms with Crippen LogP contribution in [0.3, 0.4) is 0 Å². The van der Waals surface area contributed by atoms with Crippen LogP contribution in [0.2, 0.25) is 0 Å². The summed E-state index contributed by atoms with van der Waals surface area (Å²) in [5.74, 6) is 0.975. The molecule has 1 aromatic rings. The van der Waals surface area contributed by atoms with Crippen LogP contribution in [0, 0.1) is 11.7 Å². The smallest absolute Gasteiger partial charge is 0.191 e. The van der Waals surface area contributed by atoms with Gasteiger partial charge in [-0.05, 0) is 43.4 Å². The molecule has 0 aliphatic heterocycles. The second kappa shape index (κ2) is 11.7. The Kier molecular flexibility index (Phi) is 9.84. The van der Waals surface area contributed by atoms with Crippen LogP contribution >= 0.6 is 0 Å². The molecule has 0 aliphatic carbocycles. The Hall–Kier alpha value is -1.82. The van der Waals surface area contributed by atoms with Gasteiger partial charge in [0.15, 0.2) is 17.5 Å². The van der Waals surface area contributed by atoms with Gasteiger partial charge in [0.25, 0.3) is 0 Å². The number of hydrogen-bond donors (Lipinski definition) is 3. The number of nitrogens with one attached hydrogen (secondary N) is 2. The third-order valence-electron chi connectivity index (χ3n) is 3.77. The van der Waals surface area contributed by atoms with Crippen molar-refractivity contribution in [3.05, 3.63) is 29.6 Å². The largest absolute Gasteiger partial charge is 0.494 e. The maximum atomic E-state index is 13.7. The minimum absolute atomic E-state index is 0.200. The first-order chi connectivity index (χ1) is 11.6. The first-order valence-corrected chi connectivity index (χ1v) is 8.60. The van der Waals surface area contributed by atoms with E-state index < -0.39 is 0 Å². The van der Waals surface area contributed by atoms with E-state index in [2.05, 4.69) is 22.5 Å². The molecule has 3 N–H and O–H groups in total. The zero-order chi connectivity index (χ0) is 17.8. The lowest BCUT2D eigenvalue weighted by Crippen LogP contribution is -2.40. The summed E-state index contributed by atoms with van der Waals surface area (Å²) >= 11 is 0. The number of ether oxygens (including phenoxy) is 1. The van der Waals surface area contributed by atoms with Gasteiger partial charge >= 0.3 is 0 Å². The van der Waals surface area contributed by atoms with E-state index in [1.54, 1.807) is 12.1 Å². The predicted molar refractivity (Wildman–Crippen MR) is 95.9 cm³/mol. The lowest BCUT2D eigenvalue weighted by molar-refractivity contribution is 0.251. The van der Waals surface area contributed by atoms with E-state index in [1.165, 1.54) is 13.2 Å². The summed E-state index contributed by atoms with van der Waals surface area (Å²) in [6.45, 7) is 6.24. The van der Waals surface area contributed by atoms with E-state index in [0.717, 1.165) is 37.9 Å². The first-order valence-electron chi connectivity index (χ1n) is 8.60. The molecule has 5 nitrogen and oxygen atoms in total. The molecule has 0 saturated heterocycles. The minimum atomic E-state index is -0.380. The predicted octanol–water partition coefficient (Wildman–Crippen LogP) is 2.69. The zero-order valence-corrected chi connectivity index (χ0v) is 14.9.